The van der Waals surface area contributed by atoms with E-state index in [4.69, 9.17) is 19.2 Å². The van der Waals surface area contributed by atoms with E-state index < -0.39 is 24.5 Å². The summed E-state index contributed by atoms with van der Waals surface area (Å²) >= 11 is 1.52. The maximum Gasteiger partial charge on any atom is 0.339 e. The van der Waals surface area contributed by atoms with E-state index >= 15 is 0 Å². The van der Waals surface area contributed by atoms with Crippen LogP contribution in [0.15, 0.2) is 48.0 Å². The third kappa shape index (κ3) is 5.12. The van der Waals surface area contributed by atoms with Crippen LogP contribution in [0.4, 0.5) is 0 Å². The highest BCUT2D eigenvalue weighted by Crippen LogP contribution is 2.30. The molecule has 0 saturated heterocycles. The molecule has 4 aromatic rings. The highest BCUT2D eigenvalue weighted by atomic mass is 32.1. The largest absolute Gasteiger partial charge is 0.497 e. The monoisotopic (exact) mass is 494 g/mol. The molecule has 0 radical (unpaired) electrons. The molecule has 3 heterocycles. The minimum Gasteiger partial charge on any atom is -0.497 e. The molecule has 1 atom stereocenters. The van der Waals surface area contributed by atoms with Crippen LogP contribution in [0, 0.1) is 0 Å². The Labute approximate surface area is 206 Å². The van der Waals surface area contributed by atoms with Crippen LogP contribution >= 0.6 is 11.3 Å². The maximum atomic E-state index is 13.0. The second-order valence-corrected chi connectivity index (χ2v) is 8.65. The number of aromatic nitrogens is 3. The van der Waals surface area contributed by atoms with Crippen molar-refractivity contribution in [2.75, 3.05) is 20.8 Å². The number of nitrogens with zero attached hydrogens (tertiary/aromatic N) is 3. The van der Waals surface area contributed by atoms with Gasteiger partial charge < -0.3 is 19.5 Å². The first-order chi connectivity index (χ1) is 16.9. The first-order valence-corrected chi connectivity index (χ1v) is 11.9. The second kappa shape index (κ2) is 10.6. The van der Waals surface area contributed by atoms with Gasteiger partial charge >= 0.3 is 5.97 Å². The van der Waals surface area contributed by atoms with Gasteiger partial charge in [-0.05, 0) is 49.6 Å². The Bertz CT molecular complexity index is 1350. The third-order valence-corrected chi connectivity index (χ3v) is 6.41. The molecule has 10 heteroatoms. The van der Waals surface area contributed by atoms with Gasteiger partial charge in [-0.2, -0.15) is 5.10 Å². The molecule has 182 valence electrons. The van der Waals surface area contributed by atoms with Gasteiger partial charge in [0.2, 0.25) is 0 Å². The highest BCUT2D eigenvalue weighted by molar-refractivity contribution is 7.13. The van der Waals surface area contributed by atoms with Crippen molar-refractivity contribution in [2.45, 2.75) is 26.4 Å². The number of amides is 1. The lowest BCUT2D eigenvalue weighted by atomic mass is 10.1. The summed E-state index contributed by atoms with van der Waals surface area (Å²) in [5, 5.41) is 9.68. The number of thiophene rings is 1. The Balaban J connectivity index is 1.50. The third-order valence-electron chi connectivity index (χ3n) is 5.52. The summed E-state index contributed by atoms with van der Waals surface area (Å²) in [5.41, 5.74) is 2.30. The first kappa shape index (κ1) is 24.2. The average Bonchev–Trinajstić information content (AvgIpc) is 3.56. The molecule has 0 spiro atoms. The zero-order valence-electron chi connectivity index (χ0n) is 19.9. The molecular formula is C25H26N4O5S. The molecule has 35 heavy (non-hydrogen) atoms. The van der Waals surface area contributed by atoms with Crippen molar-refractivity contribution >= 4 is 34.2 Å². The van der Waals surface area contributed by atoms with Gasteiger partial charge in [0.25, 0.3) is 5.91 Å². The van der Waals surface area contributed by atoms with Crippen molar-refractivity contribution in [1.82, 2.24) is 20.1 Å². The highest BCUT2D eigenvalue weighted by Gasteiger charge is 2.21. The molecular weight excluding hydrogens is 468 g/mol. The van der Waals surface area contributed by atoms with Gasteiger partial charge in [0.15, 0.2) is 12.3 Å². The minimum absolute atomic E-state index is 0.313. The van der Waals surface area contributed by atoms with Crippen molar-refractivity contribution in [3.8, 4) is 22.1 Å². The molecule has 1 N–H and O–H groups in total. The standard InChI is InChI=1S/C25H26N4O5S/c1-5-29-24-19(13-26-29)18(12-20(28-24)22-7-6-10-35-22)25(31)34-14-23(30)27-15(2)17-11-16(32-3)8-9-21(17)33-4/h6-13,15H,5,14H2,1-4H3,(H,27,30). The summed E-state index contributed by atoms with van der Waals surface area (Å²) in [7, 11) is 3.13. The molecule has 0 aliphatic rings. The number of hydrogen-bond donors (Lipinski definition) is 1. The Morgan fingerprint density at radius 2 is 2.00 bits per heavy atom. The fourth-order valence-corrected chi connectivity index (χ4v) is 4.43. The fourth-order valence-electron chi connectivity index (χ4n) is 3.75. The van der Waals surface area contributed by atoms with Crippen LogP contribution in [0.25, 0.3) is 21.6 Å². The van der Waals surface area contributed by atoms with Gasteiger partial charge in [-0.25, -0.2) is 14.5 Å². The van der Waals surface area contributed by atoms with E-state index in [1.54, 1.807) is 49.4 Å². The number of esters is 1. The van der Waals surface area contributed by atoms with Gasteiger partial charge in [0, 0.05) is 12.1 Å². The Hall–Kier alpha value is -3.92. The number of fused-ring (bicyclic) bond motifs is 1. The van der Waals surface area contributed by atoms with E-state index in [1.165, 1.54) is 11.3 Å². The number of hydrogen-bond acceptors (Lipinski definition) is 8. The molecule has 0 aliphatic heterocycles. The van der Waals surface area contributed by atoms with Crippen molar-refractivity contribution in [1.29, 1.82) is 0 Å². The van der Waals surface area contributed by atoms with Crippen molar-refractivity contribution in [2.24, 2.45) is 0 Å². The normalized spacial score (nSPS) is 11.8. The summed E-state index contributed by atoms with van der Waals surface area (Å²) in [5.74, 6) is 0.199. The number of carbonyl (C=O) groups excluding carboxylic acids is 2. The lowest BCUT2D eigenvalue weighted by Crippen LogP contribution is -2.31. The van der Waals surface area contributed by atoms with Gasteiger partial charge in [-0.15, -0.1) is 11.3 Å². The molecule has 9 nitrogen and oxygen atoms in total. The van der Waals surface area contributed by atoms with Crippen LogP contribution in [0.5, 0.6) is 11.5 Å². The van der Waals surface area contributed by atoms with Crippen LogP contribution in [-0.4, -0.2) is 47.5 Å². The lowest BCUT2D eigenvalue weighted by Gasteiger charge is -2.18. The first-order valence-electron chi connectivity index (χ1n) is 11.0. The quantitative estimate of drug-likeness (QED) is 0.347. The summed E-state index contributed by atoms with van der Waals surface area (Å²) in [4.78, 5) is 31.2. The van der Waals surface area contributed by atoms with E-state index in [9.17, 15) is 9.59 Å². The molecule has 1 unspecified atom stereocenters. The maximum absolute atomic E-state index is 13.0. The molecule has 1 aromatic carbocycles. The molecule has 4 rings (SSSR count). The van der Waals surface area contributed by atoms with Crippen molar-refractivity contribution in [3.63, 3.8) is 0 Å². The number of methoxy groups -OCH3 is 2. The summed E-state index contributed by atoms with van der Waals surface area (Å²) in [6.07, 6.45) is 1.60. The Kier molecular flexibility index (Phi) is 7.31. The topological polar surface area (TPSA) is 105 Å². The SMILES string of the molecule is CCn1ncc2c(C(=O)OCC(=O)NC(C)c3cc(OC)ccc3OC)cc(-c3cccs3)nc21. The molecule has 0 fully saturated rings. The van der Waals surface area contributed by atoms with E-state index in [-0.39, 0.29) is 0 Å². The van der Waals surface area contributed by atoms with E-state index in [2.05, 4.69) is 10.4 Å². The second-order valence-electron chi connectivity index (χ2n) is 7.70. The summed E-state index contributed by atoms with van der Waals surface area (Å²) in [6, 6.07) is 10.5. The molecule has 1 amide bonds. The number of benzene rings is 1. The number of aryl methyl sites for hydroxylation is 1. The van der Waals surface area contributed by atoms with E-state index in [0.717, 1.165) is 10.4 Å². The predicted octanol–water partition coefficient (Wildman–Crippen LogP) is 4.23. The predicted molar refractivity (Wildman–Crippen MR) is 133 cm³/mol. The van der Waals surface area contributed by atoms with Crippen molar-refractivity contribution in [3.05, 3.63) is 59.1 Å². The Morgan fingerprint density at radius 1 is 1.17 bits per heavy atom. The van der Waals surface area contributed by atoms with Crippen LogP contribution in [0.1, 0.15) is 35.8 Å². The number of nitrogens with one attached hydrogen (secondary N) is 1. The number of pyridine rings is 1. The number of rotatable bonds is 9. The van der Waals surface area contributed by atoms with Crippen LogP contribution < -0.4 is 14.8 Å². The smallest absolute Gasteiger partial charge is 0.339 e. The van der Waals surface area contributed by atoms with Gasteiger partial charge in [0.05, 0.1) is 48.0 Å². The van der Waals surface area contributed by atoms with Crippen LogP contribution in [0.2, 0.25) is 0 Å². The average molecular weight is 495 g/mol. The van der Waals surface area contributed by atoms with Gasteiger partial charge in [-0.1, -0.05) is 6.07 Å². The van der Waals surface area contributed by atoms with Crippen LogP contribution in [0.3, 0.4) is 0 Å². The number of ether oxygens (including phenoxy) is 3. The molecule has 0 saturated carbocycles. The molecule has 0 aliphatic carbocycles. The van der Waals surface area contributed by atoms with Crippen molar-refractivity contribution < 1.29 is 23.8 Å². The van der Waals surface area contributed by atoms with Crippen LogP contribution in [-0.2, 0) is 16.1 Å². The zero-order chi connectivity index (χ0) is 24.9. The lowest BCUT2D eigenvalue weighted by molar-refractivity contribution is -0.124. The Morgan fingerprint density at radius 3 is 2.69 bits per heavy atom. The summed E-state index contributed by atoms with van der Waals surface area (Å²) < 4.78 is 17.8. The molecule has 3 aromatic heterocycles. The molecule has 0 bridgehead atoms. The number of carbonyl (C=O) groups is 2. The summed E-state index contributed by atoms with van der Waals surface area (Å²) in [6.45, 7) is 3.94. The van der Waals surface area contributed by atoms with Gasteiger partial charge in [0.1, 0.15) is 11.5 Å². The zero-order valence-corrected chi connectivity index (χ0v) is 20.7. The van der Waals surface area contributed by atoms with Gasteiger partial charge in [-0.3, -0.25) is 4.79 Å². The minimum atomic E-state index is -0.618. The fraction of sp³-hybridized carbons (Fsp3) is 0.280. The van der Waals surface area contributed by atoms with E-state index in [1.807, 2.05) is 31.4 Å². The van der Waals surface area contributed by atoms with E-state index in [0.29, 0.717) is 40.3 Å².